The van der Waals surface area contributed by atoms with Crippen molar-refractivity contribution in [3.8, 4) is 5.75 Å². The molecule has 0 aliphatic carbocycles. The zero-order valence-corrected chi connectivity index (χ0v) is 12.4. The Bertz CT molecular complexity index is 536. The summed E-state index contributed by atoms with van der Waals surface area (Å²) in [5, 5.41) is 12.7. The third kappa shape index (κ3) is 2.87. The van der Waals surface area contributed by atoms with Crippen LogP contribution >= 0.6 is 0 Å². The molecule has 0 amide bonds. The second kappa shape index (κ2) is 5.99. The zero-order chi connectivity index (χ0) is 15.6. The number of nitrogens with one attached hydrogen (secondary N) is 1. The molecule has 1 aliphatic heterocycles. The molecule has 116 valence electrons. The molecule has 1 aromatic rings. The van der Waals surface area contributed by atoms with Crippen LogP contribution in [0.5, 0.6) is 5.75 Å². The summed E-state index contributed by atoms with van der Waals surface area (Å²) < 4.78 is 24.0. The van der Waals surface area contributed by atoms with E-state index in [0.717, 1.165) is 0 Å². The van der Waals surface area contributed by atoms with Crippen molar-refractivity contribution in [2.24, 2.45) is 5.92 Å². The van der Waals surface area contributed by atoms with E-state index >= 15 is 0 Å². The predicted molar refractivity (Wildman–Crippen MR) is 74.4 cm³/mol. The van der Waals surface area contributed by atoms with Gasteiger partial charge in [0.15, 0.2) is 0 Å². The van der Waals surface area contributed by atoms with Crippen LogP contribution in [-0.4, -0.2) is 37.4 Å². The number of benzene rings is 1. The van der Waals surface area contributed by atoms with E-state index in [2.05, 4.69) is 5.32 Å². The van der Waals surface area contributed by atoms with Gasteiger partial charge in [0, 0.05) is 24.1 Å². The SMILES string of the molecule is COC(=O)[C@]1(C)C[C@H](CO)[C@@H](c2cc(OC)ccc2F)N1. The van der Waals surface area contributed by atoms with Gasteiger partial charge in [-0.3, -0.25) is 10.1 Å². The van der Waals surface area contributed by atoms with Crippen LogP contribution in [0.25, 0.3) is 0 Å². The first-order valence-corrected chi connectivity index (χ1v) is 6.75. The number of aliphatic hydroxyl groups is 1. The number of carbonyl (C=O) groups is 1. The number of ether oxygens (including phenoxy) is 2. The molecule has 1 aliphatic rings. The van der Waals surface area contributed by atoms with Crippen molar-refractivity contribution < 1.29 is 23.8 Å². The van der Waals surface area contributed by atoms with Gasteiger partial charge in [0.2, 0.25) is 0 Å². The van der Waals surface area contributed by atoms with Gasteiger partial charge in [0.05, 0.1) is 14.2 Å². The summed E-state index contributed by atoms with van der Waals surface area (Å²) in [6.45, 7) is 1.54. The zero-order valence-electron chi connectivity index (χ0n) is 12.4. The van der Waals surface area contributed by atoms with Gasteiger partial charge in [-0.15, -0.1) is 0 Å². The molecule has 0 radical (unpaired) electrons. The van der Waals surface area contributed by atoms with Crippen molar-refractivity contribution in [3.05, 3.63) is 29.6 Å². The van der Waals surface area contributed by atoms with Gasteiger partial charge >= 0.3 is 5.97 Å². The Morgan fingerprint density at radius 1 is 1.52 bits per heavy atom. The molecule has 0 saturated carbocycles. The molecule has 5 nitrogen and oxygen atoms in total. The van der Waals surface area contributed by atoms with Crippen molar-refractivity contribution in [1.82, 2.24) is 5.32 Å². The van der Waals surface area contributed by atoms with Crippen LogP contribution in [0.15, 0.2) is 18.2 Å². The topological polar surface area (TPSA) is 67.8 Å². The van der Waals surface area contributed by atoms with Crippen LogP contribution in [0.2, 0.25) is 0 Å². The largest absolute Gasteiger partial charge is 0.497 e. The van der Waals surface area contributed by atoms with Gasteiger partial charge in [0.1, 0.15) is 17.1 Å². The number of methoxy groups -OCH3 is 2. The van der Waals surface area contributed by atoms with Crippen molar-refractivity contribution in [3.63, 3.8) is 0 Å². The smallest absolute Gasteiger partial charge is 0.325 e. The molecule has 0 unspecified atom stereocenters. The fraction of sp³-hybridized carbons (Fsp3) is 0.533. The highest BCUT2D eigenvalue weighted by atomic mass is 19.1. The van der Waals surface area contributed by atoms with E-state index in [9.17, 15) is 14.3 Å². The molecule has 21 heavy (non-hydrogen) atoms. The summed E-state index contributed by atoms with van der Waals surface area (Å²) in [7, 11) is 2.81. The number of halogens is 1. The number of esters is 1. The van der Waals surface area contributed by atoms with E-state index in [1.807, 2.05) is 0 Å². The number of hydrogen-bond donors (Lipinski definition) is 2. The highest BCUT2D eigenvalue weighted by molar-refractivity contribution is 5.81. The van der Waals surface area contributed by atoms with Gasteiger partial charge in [0.25, 0.3) is 0 Å². The number of carbonyl (C=O) groups excluding carboxylic acids is 1. The van der Waals surface area contributed by atoms with Crippen molar-refractivity contribution in [1.29, 1.82) is 0 Å². The fourth-order valence-corrected chi connectivity index (χ4v) is 2.92. The average Bonchev–Trinajstić information content (AvgIpc) is 2.85. The summed E-state index contributed by atoms with van der Waals surface area (Å²) in [6.07, 6.45) is 0.373. The van der Waals surface area contributed by atoms with Gasteiger partial charge in [-0.25, -0.2) is 4.39 Å². The molecule has 6 heteroatoms. The van der Waals surface area contributed by atoms with Crippen LogP contribution in [0.1, 0.15) is 24.9 Å². The first kappa shape index (κ1) is 15.7. The first-order valence-electron chi connectivity index (χ1n) is 6.75. The predicted octanol–water partition coefficient (Wildman–Crippen LogP) is 1.41. The van der Waals surface area contributed by atoms with Crippen molar-refractivity contribution in [2.75, 3.05) is 20.8 Å². The van der Waals surface area contributed by atoms with Gasteiger partial charge in [-0.2, -0.15) is 0 Å². The highest BCUT2D eigenvalue weighted by Crippen LogP contribution is 2.40. The second-order valence-corrected chi connectivity index (χ2v) is 5.48. The molecule has 1 heterocycles. The molecule has 2 rings (SSSR count). The molecule has 0 spiro atoms. The standard InChI is InChI=1S/C15H20FNO4/c1-15(14(19)21-3)7-9(8-18)13(17-15)11-6-10(20-2)4-5-12(11)16/h4-6,9,13,17-18H,7-8H2,1-3H3/t9-,13+,15+/m1/s1. The Hall–Kier alpha value is -1.66. The fourth-order valence-electron chi connectivity index (χ4n) is 2.92. The lowest BCUT2D eigenvalue weighted by Gasteiger charge is -2.23. The van der Waals surface area contributed by atoms with E-state index in [-0.39, 0.29) is 12.5 Å². The first-order chi connectivity index (χ1) is 9.95. The number of aliphatic hydroxyl groups excluding tert-OH is 1. The van der Waals surface area contributed by atoms with E-state index in [4.69, 9.17) is 9.47 Å². The Kier molecular flexibility index (Phi) is 4.49. The van der Waals surface area contributed by atoms with Crippen molar-refractivity contribution >= 4 is 5.97 Å². The third-order valence-electron chi connectivity index (χ3n) is 4.02. The Labute approximate surface area is 123 Å². The van der Waals surface area contributed by atoms with Crippen LogP contribution in [0.3, 0.4) is 0 Å². The minimum absolute atomic E-state index is 0.152. The van der Waals surface area contributed by atoms with E-state index in [1.165, 1.54) is 26.4 Å². The summed E-state index contributed by atoms with van der Waals surface area (Å²) in [5.74, 6) is -0.583. The molecular formula is C15H20FNO4. The molecule has 3 atom stereocenters. The van der Waals surface area contributed by atoms with E-state index in [1.54, 1.807) is 13.0 Å². The molecule has 0 bridgehead atoms. The van der Waals surface area contributed by atoms with Crippen LogP contribution in [0.4, 0.5) is 4.39 Å². The maximum Gasteiger partial charge on any atom is 0.325 e. The minimum atomic E-state index is -0.942. The average molecular weight is 297 g/mol. The van der Waals surface area contributed by atoms with Crippen molar-refractivity contribution in [2.45, 2.75) is 24.9 Å². The van der Waals surface area contributed by atoms with Crippen LogP contribution in [-0.2, 0) is 9.53 Å². The maximum absolute atomic E-state index is 14.1. The molecule has 1 fully saturated rings. The normalized spacial score (nSPS) is 28.4. The Morgan fingerprint density at radius 2 is 2.24 bits per heavy atom. The third-order valence-corrected chi connectivity index (χ3v) is 4.02. The summed E-state index contributed by atoms with van der Waals surface area (Å²) in [6, 6.07) is 3.95. The number of hydrogen-bond acceptors (Lipinski definition) is 5. The van der Waals surface area contributed by atoms with E-state index in [0.29, 0.717) is 17.7 Å². The quantitative estimate of drug-likeness (QED) is 0.823. The Morgan fingerprint density at radius 3 is 2.81 bits per heavy atom. The lowest BCUT2D eigenvalue weighted by atomic mass is 9.90. The van der Waals surface area contributed by atoms with Crippen LogP contribution < -0.4 is 10.1 Å². The maximum atomic E-state index is 14.1. The van der Waals surface area contributed by atoms with Gasteiger partial charge < -0.3 is 14.6 Å². The molecule has 1 aromatic carbocycles. The van der Waals surface area contributed by atoms with Gasteiger partial charge in [-0.05, 0) is 31.5 Å². The summed E-state index contributed by atoms with van der Waals surface area (Å²) in [4.78, 5) is 11.9. The van der Waals surface area contributed by atoms with E-state index < -0.39 is 23.4 Å². The lowest BCUT2D eigenvalue weighted by Crippen LogP contribution is -2.46. The lowest BCUT2D eigenvalue weighted by molar-refractivity contribution is -0.147. The monoisotopic (exact) mass is 297 g/mol. The van der Waals surface area contributed by atoms with Crippen LogP contribution in [0, 0.1) is 11.7 Å². The highest BCUT2D eigenvalue weighted by Gasteiger charge is 2.48. The Balaban J connectivity index is 2.36. The second-order valence-electron chi connectivity index (χ2n) is 5.48. The molecule has 2 N–H and O–H groups in total. The molecule has 0 aromatic heterocycles. The molecular weight excluding hydrogens is 277 g/mol. The molecule has 1 saturated heterocycles. The summed E-state index contributed by atoms with van der Waals surface area (Å²) in [5.41, 5.74) is -0.566. The minimum Gasteiger partial charge on any atom is -0.497 e. The number of rotatable bonds is 4. The van der Waals surface area contributed by atoms with Gasteiger partial charge in [-0.1, -0.05) is 0 Å². The summed E-state index contributed by atoms with van der Waals surface area (Å²) >= 11 is 0.